The normalized spacial score (nSPS) is 25.7. The minimum atomic E-state index is -2.85. The van der Waals surface area contributed by atoms with Crippen LogP contribution in [0.5, 0.6) is 0 Å². The van der Waals surface area contributed by atoms with Crippen LogP contribution in [0.3, 0.4) is 0 Å². The van der Waals surface area contributed by atoms with Gasteiger partial charge in [0, 0.05) is 19.5 Å². The standard InChI is InChI=1S/C21H31N5O14/c1-8(28)23-14-9(29)4-21(19(36)37,40-17(14)16(33)11(31)6-27)39-7-13(32)25-15(18(34)35)10(30)5-26-3-2-12(22)24-20(26)38/h2-3,9-11,14-17,27,29-31,33H,4-7H2,1H3,(H,23,28)(H,25,32)(H,34,35)(H,36,37)(H2,22,24,38)/t9-,10-,11-,14-,15+,16-,17+,21-/m1/s1. The molecule has 2 heterocycles. The van der Waals surface area contributed by atoms with Gasteiger partial charge in [0.05, 0.1) is 25.3 Å². The van der Waals surface area contributed by atoms with Crippen molar-refractivity contribution in [1.29, 1.82) is 0 Å². The van der Waals surface area contributed by atoms with E-state index in [0.29, 0.717) is 0 Å². The topological polar surface area (TPSA) is 313 Å². The summed E-state index contributed by atoms with van der Waals surface area (Å²) in [6, 6.07) is -2.28. The van der Waals surface area contributed by atoms with E-state index in [1.165, 1.54) is 6.07 Å². The molecule has 0 aliphatic carbocycles. The average Bonchev–Trinajstić information content (AvgIpc) is 2.87. The monoisotopic (exact) mass is 577 g/mol. The first-order chi connectivity index (χ1) is 18.6. The van der Waals surface area contributed by atoms with Gasteiger partial charge in [0.2, 0.25) is 11.8 Å². The van der Waals surface area contributed by atoms with E-state index in [9.17, 15) is 54.6 Å². The van der Waals surface area contributed by atoms with Gasteiger partial charge >= 0.3 is 17.6 Å². The Labute approximate surface area is 224 Å². The molecule has 224 valence electrons. The Bertz CT molecular complexity index is 1150. The van der Waals surface area contributed by atoms with E-state index in [1.54, 1.807) is 0 Å². The fourth-order valence-electron chi connectivity index (χ4n) is 3.88. The van der Waals surface area contributed by atoms with Crippen molar-refractivity contribution in [3.8, 4) is 0 Å². The first kappa shape index (κ1) is 32.5. The Morgan fingerprint density at radius 1 is 1.25 bits per heavy atom. The molecule has 2 amide bonds. The third-order valence-electron chi connectivity index (χ3n) is 5.87. The van der Waals surface area contributed by atoms with E-state index in [4.69, 9.17) is 20.3 Å². The van der Waals surface area contributed by atoms with Crippen molar-refractivity contribution in [2.45, 2.75) is 68.3 Å². The summed E-state index contributed by atoms with van der Waals surface area (Å²) in [5, 5.41) is 73.7. The quantitative estimate of drug-likeness (QED) is 0.104. The Hall–Kier alpha value is -3.72. The van der Waals surface area contributed by atoms with E-state index >= 15 is 0 Å². The predicted molar refractivity (Wildman–Crippen MR) is 127 cm³/mol. The fourth-order valence-corrected chi connectivity index (χ4v) is 3.88. The van der Waals surface area contributed by atoms with E-state index in [1.807, 2.05) is 5.32 Å². The zero-order valence-electron chi connectivity index (χ0n) is 21.0. The molecule has 0 unspecified atom stereocenters. The van der Waals surface area contributed by atoms with Crippen LogP contribution < -0.4 is 22.1 Å². The maximum atomic E-state index is 12.5. The lowest BCUT2D eigenvalue weighted by Crippen LogP contribution is -2.68. The molecule has 1 aliphatic rings. The molecule has 19 heteroatoms. The summed E-state index contributed by atoms with van der Waals surface area (Å²) in [7, 11) is 0. The lowest BCUT2D eigenvalue weighted by Gasteiger charge is -2.46. The number of carboxylic acids is 2. The van der Waals surface area contributed by atoms with Gasteiger partial charge in [-0.05, 0) is 6.07 Å². The van der Waals surface area contributed by atoms with Crippen LogP contribution in [0.15, 0.2) is 17.1 Å². The van der Waals surface area contributed by atoms with E-state index < -0.39 is 104 Å². The number of carboxylic acid groups (broad SMARTS) is 2. The Balaban J connectivity index is 2.20. The molecule has 1 fully saturated rings. The first-order valence-electron chi connectivity index (χ1n) is 11.6. The highest BCUT2D eigenvalue weighted by Gasteiger charge is 2.56. The summed E-state index contributed by atoms with van der Waals surface area (Å²) in [4.78, 5) is 63.1. The van der Waals surface area contributed by atoms with E-state index in [-0.39, 0.29) is 5.82 Å². The number of ether oxygens (including phenoxy) is 2. The molecule has 0 aromatic carbocycles. The number of anilines is 1. The summed E-state index contributed by atoms with van der Waals surface area (Å²) in [5.41, 5.74) is 4.46. The second-order valence-electron chi connectivity index (χ2n) is 8.91. The van der Waals surface area contributed by atoms with Crippen molar-refractivity contribution >= 4 is 29.6 Å². The van der Waals surface area contributed by atoms with Gasteiger partial charge in [-0.25, -0.2) is 14.4 Å². The van der Waals surface area contributed by atoms with Crippen molar-refractivity contribution in [2.24, 2.45) is 0 Å². The number of aliphatic hydroxyl groups excluding tert-OH is 5. The van der Waals surface area contributed by atoms with Gasteiger partial charge in [-0.2, -0.15) is 4.98 Å². The number of rotatable bonds is 13. The summed E-state index contributed by atoms with van der Waals surface area (Å²) < 4.78 is 11.3. The first-order valence-corrected chi connectivity index (χ1v) is 11.6. The third-order valence-corrected chi connectivity index (χ3v) is 5.87. The number of aliphatic hydroxyl groups is 5. The number of carbonyl (C=O) groups is 4. The molecule has 40 heavy (non-hydrogen) atoms. The smallest absolute Gasteiger partial charge is 0.364 e. The van der Waals surface area contributed by atoms with E-state index in [0.717, 1.165) is 17.7 Å². The van der Waals surface area contributed by atoms with E-state index in [2.05, 4.69) is 10.3 Å². The van der Waals surface area contributed by atoms with Gasteiger partial charge in [-0.15, -0.1) is 0 Å². The van der Waals surface area contributed by atoms with Crippen LogP contribution >= 0.6 is 0 Å². The largest absolute Gasteiger partial charge is 0.480 e. The second kappa shape index (κ2) is 13.6. The number of amides is 2. The van der Waals surface area contributed by atoms with Crippen LogP contribution in [-0.4, -0.2) is 131 Å². The zero-order chi connectivity index (χ0) is 30.4. The highest BCUT2D eigenvalue weighted by molar-refractivity contribution is 5.85. The molecule has 1 saturated heterocycles. The highest BCUT2D eigenvalue weighted by Crippen LogP contribution is 2.33. The average molecular weight is 578 g/mol. The van der Waals surface area contributed by atoms with Crippen LogP contribution in [0.1, 0.15) is 13.3 Å². The number of nitrogens with one attached hydrogen (secondary N) is 2. The molecule has 2 rings (SSSR count). The molecular weight excluding hydrogens is 546 g/mol. The van der Waals surface area contributed by atoms with Crippen LogP contribution in [-0.2, 0) is 35.2 Å². The molecular formula is C21H31N5O14. The van der Waals surface area contributed by atoms with Crippen molar-refractivity contribution in [2.75, 3.05) is 18.9 Å². The van der Waals surface area contributed by atoms with Gasteiger partial charge in [-0.1, -0.05) is 0 Å². The number of hydrogen-bond donors (Lipinski definition) is 10. The fraction of sp³-hybridized carbons (Fsp3) is 0.619. The van der Waals surface area contributed by atoms with Crippen molar-refractivity contribution < 1.29 is 64.4 Å². The maximum absolute atomic E-state index is 12.5. The summed E-state index contributed by atoms with van der Waals surface area (Å²) >= 11 is 0. The molecule has 11 N–H and O–H groups in total. The summed E-state index contributed by atoms with van der Waals surface area (Å²) in [6.45, 7) is -1.80. The Morgan fingerprint density at radius 3 is 2.42 bits per heavy atom. The maximum Gasteiger partial charge on any atom is 0.364 e. The predicted octanol–water partition coefficient (Wildman–Crippen LogP) is -6.08. The number of carbonyl (C=O) groups excluding carboxylic acids is 2. The Morgan fingerprint density at radius 2 is 1.90 bits per heavy atom. The number of nitrogens with zero attached hydrogens (tertiary/aromatic N) is 2. The Kier molecular flexibility index (Phi) is 11.0. The minimum absolute atomic E-state index is 0.123. The van der Waals surface area contributed by atoms with Crippen molar-refractivity contribution in [3.05, 3.63) is 22.7 Å². The summed E-state index contributed by atoms with van der Waals surface area (Å²) in [6.07, 6.45) is -9.25. The van der Waals surface area contributed by atoms with Gasteiger partial charge in [0.15, 0.2) is 6.04 Å². The van der Waals surface area contributed by atoms with Crippen LogP contribution in [0.4, 0.5) is 5.82 Å². The number of hydrogen-bond acceptors (Lipinski definition) is 14. The number of aromatic nitrogens is 2. The molecule has 1 aromatic heterocycles. The molecule has 19 nitrogen and oxygen atoms in total. The van der Waals surface area contributed by atoms with Crippen molar-refractivity contribution in [3.63, 3.8) is 0 Å². The minimum Gasteiger partial charge on any atom is -0.480 e. The molecule has 1 aromatic rings. The lowest BCUT2D eigenvalue weighted by atomic mass is 9.88. The summed E-state index contributed by atoms with van der Waals surface area (Å²) in [5.74, 6) is -8.60. The molecule has 0 radical (unpaired) electrons. The molecule has 0 saturated carbocycles. The van der Waals surface area contributed by atoms with Gasteiger partial charge < -0.3 is 61.6 Å². The SMILES string of the molecule is CC(=O)N[C@H]1[C@@H]([C@H](O)[C@H](O)CO)O[C@@](OCC(=O)N[C@H](C(=O)O)[C@H](O)Cn2ccc(N)nc2=O)(C(=O)O)C[C@H]1O. The molecule has 1 aliphatic heterocycles. The number of nitrogen functional groups attached to an aromatic ring is 1. The van der Waals surface area contributed by atoms with Crippen LogP contribution in [0.25, 0.3) is 0 Å². The zero-order valence-corrected chi connectivity index (χ0v) is 21.0. The van der Waals surface area contributed by atoms with Gasteiger partial charge in [-0.3, -0.25) is 14.2 Å². The molecule has 0 bridgehead atoms. The van der Waals surface area contributed by atoms with Gasteiger partial charge in [0.25, 0.3) is 5.79 Å². The third kappa shape index (κ3) is 7.91. The van der Waals surface area contributed by atoms with Crippen LogP contribution in [0, 0.1) is 0 Å². The number of aliphatic carboxylic acids is 2. The second-order valence-corrected chi connectivity index (χ2v) is 8.91. The van der Waals surface area contributed by atoms with Crippen LogP contribution in [0.2, 0.25) is 0 Å². The van der Waals surface area contributed by atoms with Gasteiger partial charge in [0.1, 0.15) is 36.8 Å². The molecule has 8 atom stereocenters. The molecule has 0 spiro atoms. The number of nitrogens with two attached hydrogens (primary N) is 1. The van der Waals surface area contributed by atoms with Crippen molar-refractivity contribution in [1.82, 2.24) is 20.2 Å². The highest BCUT2D eigenvalue weighted by atomic mass is 16.7. The lowest BCUT2D eigenvalue weighted by molar-refractivity contribution is -0.309.